The largest absolute Gasteiger partial charge is 1.00 e. The van der Waals surface area contributed by atoms with E-state index < -0.39 is 12.1 Å². The van der Waals surface area contributed by atoms with Crippen LogP contribution in [0, 0.1) is 0 Å². The van der Waals surface area contributed by atoms with Gasteiger partial charge >= 0.3 is 18.9 Å². The Bertz CT molecular complexity index is 331. The molecule has 0 aliphatic carbocycles. The van der Waals surface area contributed by atoms with E-state index in [0.717, 1.165) is 5.56 Å². The second-order valence-electron chi connectivity index (χ2n) is 3.24. The molecule has 2 rings (SSSR count). The molecule has 1 N–H and O–H groups in total. The molecule has 74 valence electrons. The number of carboxylic acids is 1. The molecule has 1 heterocycles. The van der Waals surface area contributed by atoms with Gasteiger partial charge in [-0.2, -0.15) is 5.48 Å². The molecule has 5 heteroatoms. The summed E-state index contributed by atoms with van der Waals surface area (Å²) in [5.74, 6) is -1.17. The van der Waals surface area contributed by atoms with Crippen molar-refractivity contribution in [3.63, 3.8) is 0 Å². The maximum Gasteiger partial charge on any atom is 1.00 e. The average Bonchev–Trinajstić information content (AvgIpc) is 2.68. The van der Waals surface area contributed by atoms with E-state index in [1.165, 1.54) is 0 Å². The Morgan fingerprint density at radius 1 is 1.40 bits per heavy atom. The van der Waals surface area contributed by atoms with Crippen LogP contribution in [0.15, 0.2) is 30.3 Å². The maximum atomic E-state index is 10.5. The number of carboxylic acid groups (broad SMARTS) is 1. The summed E-state index contributed by atoms with van der Waals surface area (Å²) in [6.45, 7) is 0. The van der Waals surface area contributed by atoms with Crippen LogP contribution in [0.1, 0.15) is 18.0 Å². The van der Waals surface area contributed by atoms with Crippen LogP contribution in [0.3, 0.4) is 0 Å². The third-order valence-electron chi connectivity index (χ3n) is 2.27. The first-order chi connectivity index (χ1) is 6.77. The summed E-state index contributed by atoms with van der Waals surface area (Å²) in [6, 6.07) is 9.53. The summed E-state index contributed by atoms with van der Waals surface area (Å²) >= 11 is 0. The van der Waals surface area contributed by atoms with Crippen molar-refractivity contribution in [2.45, 2.75) is 18.6 Å². The first kappa shape index (κ1) is 12.3. The third kappa shape index (κ3) is 2.83. The number of rotatable bonds is 2. The Morgan fingerprint density at radius 2 is 2.07 bits per heavy atom. The Hall–Kier alpha value is -0.793. The van der Waals surface area contributed by atoms with Gasteiger partial charge in [0.15, 0.2) is 0 Å². The van der Waals surface area contributed by atoms with Crippen LogP contribution in [-0.4, -0.2) is 12.1 Å². The summed E-state index contributed by atoms with van der Waals surface area (Å²) in [6.07, 6.45) is -0.438. The number of hydrogen-bond acceptors (Lipinski definition) is 4. The van der Waals surface area contributed by atoms with E-state index in [9.17, 15) is 9.90 Å². The molecule has 1 saturated heterocycles. The van der Waals surface area contributed by atoms with Crippen molar-refractivity contribution in [1.29, 1.82) is 0 Å². The zero-order chi connectivity index (χ0) is 9.97. The minimum absolute atomic E-state index is 0. The van der Waals surface area contributed by atoms with E-state index >= 15 is 0 Å². The van der Waals surface area contributed by atoms with Gasteiger partial charge in [0.05, 0.1) is 12.0 Å². The van der Waals surface area contributed by atoms with Crippen LogP contribution in [0.4, 0.5) is 0 Å². The molecule has 4 nitrogen and oxygen atoms in total. The standard InChI is InChI=1S/C10H11NO3.Li/c12-10(13)9-6-8(11-14-9)7-4-2-1-3-5-7;/h1-5,8-9,11H,6H2,(H,12,13);/q;+1/p-1. The predicted octanol–water partition coefficient (Wildman–Crippen LogP) is -3.22. The van der Waals surface area contributed by atoms with Crippen molar-refractivity contribution in [2.75, 3.05) is 0 Å². The Morgan fingerprint density at radius 3 is 2.60 bits per heavy atom. The van der Waals surface area contributed by atoms with Gasteiger partial charge < -0.3 is 9.90 Å². The van der Waals surface area contributed by atoms with Crippen LogP contribution in [0.2, 0.25) is 0 Å². The van der Waals surface area contributed by atoms with E-state index in [-0.39, 0.29) is 24.9 Å². The topological polar surface area (TPSA) is 61.4 Å². The summed E-state index contributed by atoms with van der Waals surface area (Å²) in [5.41, 5.74) is 3.71. The first-order valence-electron chi connectivity index (χ1n) is 4.44. The molecule has 2 atom stereocenters. The number of carbonyl (C=O) groups excluding carboxylic acids is 1. The van der Waals surface area contributed by atoms with E-state index in [4.69, 9.17) is 4.84 Å². The summed E-state index contributed by atoms with van der Waals surface area (Å²) < 4.78 is 0. The van der Waals surface area contributed by atoms with Gasteiger partial charge in [-0.05, 0) is 5.56 Å². The van der Waals surface area contributed by atoms with E-state index in [0.29, 0.717) is 6.42 Å². The second kappa shape index (κ2) is 5.33. The molecule has 1 aromatic carbocycles. The van der Waals surface area contributed by atoms with Crippen molar-refractivity contribution in [2.24, 2.45) is 0 Å². The first-order valence-corrected chi connectivity index (χ1v) is 4.44. The van der Waals surface area contributed by atoms with Crippen LogP contribution < -0.4 is 29.4 Å². The molecular weight excluding hydrogens is 189 g/mol. The number of benzene rings is 1. The van der Waals surface area contributed by atoms with Crippen molar-refractivity contribution in [3.05, 3.63) is 35.9 Å². The van der Waals surface area contributed by atoms with Gasteiger partial charge in [-0.15, -0.1) is 0 Å². The number of hydrogen-bond donors (Lipinski definition) is 1. The summed E-state index contributed by atoms with van der Waals surface area (Å²) in [7, 11) is 0. The maximum absolute atomic E-state index is 10.5. The molecule has 15 heavy (non-hydrogen) atoms. The monoisotopic (exact) mass is 199 g/mol. The molecule has 0 radical (unpaired) electrons. The van der Waals surface area contributed by atoms with Gasteiger partial charge in [0, 0.05) is 6.42 Å². The number of hydroxylamine groups is 1. The van der Waals surface area contributed by atoms with Gasteiger partial charge in [0.25, 0.3) is 0 Å². The Balaban J connectivity index is 0.00000112. The molecule has 0 saturated carbocycles. The minimum Gasteiger partial charge on any atom is -0.547 e. The number of carbonyl (C=O) groups is 1. The minimum atomic E-state index is -1.17. The Kier molecular flexibility index (Phi) is 4.37. The average molecular weight is 199 g/mol. The quantitative estimate of drug-likeness (QED) is 0.509. The Labute approximate surface area is 99.8 Å². The molecular formula is C10H10LiNO3. The molecule has 2 unspecified atom stereocenters. The fourth-order valence-electron chi connectivity index (χ4n) is 1.51. The van der Waals surface area contributed by atoms with Crippen molar-refractivity contribution >= 4 is 5.97 Å². The molecule has 1 aliphatic heterocycles. The molecule has 0 bridgehead atoms. The van der Waals surface area contributed by atoms with Gasteiger partial charge in [-0.3, -0.25) is 4.84 Å². The molecule has 1 aliphatic rings. The van der Waals surface area contributed by atoms with Crippen LogP contribution in [-0.2, 0) is 9.63 Å². The zero-order valence-electron chi connectivity index (χ0n) is 8.47. The predicted molar refractivity (Wildman–Crippen MR) is 46.8 cm³/mol. The van der Waals surface area contributed by atoms with Crippen LogP contribution in [0.25, 0.3) is 0 Å². The third-order valence-corrected chi connectivity index (χ3v) is 2.27. The number of aliphatic carboxylic acids is 1. The van der Waals surface area contributed by atoms with Crippen molar-refractivity contribution in [1.82, 2.24) is 5.48 Å². The van der Waals surface area contributed by atoms with E-state index in [1.54, 1.807) is 0 Å². The van der Waals surface area contributed by atoms with E-state index in [2.05, 4.69) is 5.48 Å². The SMILES string of the molecule is O=C([O-])C1CC(c2ccccc2)NO1.[Li+]. The van der Waals surface area contributed by atoms with Gasteiger partial charge in [-0.1, -0.05) is 30.3 Å². The molecule has 1 fully saturated rings. The van der Waals surface area contributed by atoms with Gasteiger partial charge in [-0.25, -0.2) is 0 Å². The fraction of sp³-hybridized carbons (Fsp3) is 0.300. The van der Waals surface area contributed by atoms with Crippen LogP contribution >= 0.6 is 0 Å². The zero-order valence-corrected chi connectivity index (χ0v) is 8.47. The number of nitrogens with one attached hydrogen (secondary N) is 1. The summed E-state index contributed by atoms with van der Waals surface area (Å²) in [5, 5.41) is 10.5. The smallest absolute Gasteiger partial charge is 0.547 e. The van der Waals surface area contributed by atoms with Crippen molar-refractivity contribution in [3.8, 4) is 0 Å². The molecule has 1 aromatic rings. The summed E-state index contributed by atoms with van der Waals surface area (Å²) in [4.78, 5) is 15.4. The fourth-order valence-corrected chi connectivity index (χ4v) is 1.51. The normalized spacial score (nSPS) is 24.5. The molecule has 0 spiro atoms. The second-order valence-corrected chi connectivity index (χ2v) is 3.24. The molecule has 0 aromatic heterocycles. The molecule has 0 amide bonds. The van der Waals surface area contributed by atoms with Crippen LogP contribution in [0.5, 0.6) is 0 Å². The van der Waals surface area contributed by atoms with Gasteiger partial charge in [0.2, 0.25) is 0 Å². The van der Waals surface area contributed by atoms with E-state index in [1.807, 2.05) is 30.3 Å². The van der Waals surface area contributed by atoms with Crippen molar-refractivity contribution < 1.29 is 33.6 Å². The van der Waals surface area contributed by atoms with Gasteiger partial charge in [0.1, 0.15) is 6.10 Å².